The van der Waals surface area contributed by atoms with Gasteiger partial charge in [0, 0.05) is 16.3 Å². The fourth-order valence-electron chi connectivity index (χ4n) is 2.03. The van der Waals surface area contributed by atoms with Gasteiger partial charge in [-0.25, -0.2) is 0 Å². The highest BCUT2D eigenvalue weighted by atomic mass is 35.5. The lowest BCUT2D eigenvalue weighted by molar-refractivity contribution is -0.112. The zero-order chi connectivity index (χ0) is 17.5. The van der Waals surface area contributed by atoms with Crippen LogP contribution in [-0.4, -0.2) is 12.0 Å². The zero-order valence-electron chi connectivity index (χ0n) is 13.4. The SMILES string of the molecule is CC(C)Oc1ccccc1C=C(C#N)C(=O)Nc1cccc(Cl)c1. The number of anilines is 1. The van der Waals surface area contributed by atoms with E-state index in [0.717, 1.165) is 0 Å². The van der Waals surface area contributed by atoms with E-state index in [9.17, 15) is 10.1 Å². The minimum atomic E-state index is -0.501. The second-order valence-electron chi connectivity index (χ2n) is 5.34. The lowest BCUT2D eigenvalue weighted by Crippen LogP contribution is -2.13. The predicted octanol–water partition coefficient (Wildman–Crippen LogP) is 4.67. The third-order valence-corrected chi connectivity index (χ3v) is 3.26. The number of rotatable bonds is 5. The first-order valence-electron chi connectivity index (χ1n) is 7.44. The summed E-state index contributed by atoms with van der Waals surface area (Å²) in [5.74, 6) is 0.120. The molecule has 0 heterocycles. The van der Waals surface area contributed by atoms with Crippen LogP contribution in [0.3, 0.4) is 0 Å². The summed E-state index contributed by atoms with van der Waals surface area (Å²) in [6.45, 7) is 3.83. The quantitative estimate of drug-likeness (QED) is 0.635. The van der Waals surface area contributed by atoms with Crippen LogP contribution in [-0.2, 0) is 4.79 Å². The molecule has 4 nitrogen and oxygen atoms in total. The molecule has 0 radical (unpaired) electrons. The van der Waals surface area contributed by atoms with Gasteiger partial charge in [0.2, 0.25) is 0 Å². The summed E-state index contributed by atoms with van der Waals surface area (Å²) < 4.78 is 5.70. The van der Waals surface area contributed by atoms with Gasteiger partial charge in [-0.1, -0.05) is 35.9 Å². The Morgan fingerprint density at radius 1 is 1.25 bits per heavy atom. The van der Waals surface area contributed by atoms with E-state index < -0.39 is 5.91 Å². The van der Waals surface area contributed by atoms with Gasteiger partial charge in [-0.2, -0.15) is 5.26 Å². The minimum Gasteiger partial charge on any atom is -0.490 e. The molecule has 0 saturated heterocycles. The number of ether oxygens (including phenoxy) is 1. The molecule has 2 aromatic rings. The van der Waals surface area contributed by atoms with Crippen LogP contribution in [0.2, 0.25) is 5.02 Å². The van der Waals surface area contributed by atoms with Gasteiger partial charge in [0.1, 0.15) is 17.4 Å². The summed E-state index contributed by atoms with van der Waals surface area (Å²) in [5, 5.41) is 12.5. The Labute approximate surface area is 146 Å². The smallest absolute Gasteiger partial charge is 0.266 e. The molecule has 1 N–H and O–H groups in total. The molecule has 0 aliphatic carbocycles. The molecule has 0 aromatic heterocycles. The number of carbonyl (C=O) groups excluding carboxylic acids is 1. The van der Waals surface area contributed by atoms with Gasteiger partial charge >= 0.3 is 0 Å². The van der Waals surface area contributed by atoms with E-state index in [-0.39, 0.29) is 11.7 Å². The molecule has 0 saturated carbocycles. The Balaban J connectivity index is 2.26. The highest BCUT2D eigenvalue weighted by Gasteiger charge is 2.12. The molecule has 0 aliphatic rings. The van der Waals surface area contributed by atoms with Crippen LogP contribution in [0.25, 0.3) is 6.08 Å². The molecule has 122 valence electrons. The number of hydrogen-bond acceptors (Lipinski definition) is 3. The van der Waals surface area contributed by atoms with Gasteiger partial charge in [0.05, 0.1) is 6.10 Å². The largest absolute Gasteiger partial charge is 0.490 e. The molecule has 1 amide bonds. The average Bonchev–Trinajstić information content (AvgIpc) is 2.53. The molecule has 0 atom stereocenters. The number of carbonyl (C=O) groups is 1. The molecular formula is C19H17ClN2O2. The average molecular weight is 341 g/mol. The summed E-state index contributed by atoms with van der Waals surface area (Å²) in [4.78, 5) is 12.3. The summed E-state index contributed by atoms with van der Waals surface area (Å²) in [6.07, 6.45) is 1.50. The van der Waals surface area contributed by atoms with E-state index in [0.29, 0.717) is 22.0 Å². The molecule has 0 bridgehead atoms. The lowest BCUT2D eigenvalue weighted by Gasteiger charge is -2.12. The van der Waals surface area contributed by atoms with Gasteiger partial charge in [-0.05, 0) is 44.2 Å². The van der Waals surface area contributed by atoms with Crippen LogP contribution in [0.5, 0.6) is 5.75 Å². The van der Waals surface area contributed by atoms with Gasteiger partial charge in [-0.15, -0.1) is 0 Å². The summed E-state index contributed by atoms with van der Waals surface area (Å²) in [6, 6.07) is 15.9. The zero-order valence-corrected chi connectivity index (χ0v) is 14.2. The van der Waals surface area contributed by atoms with Gasteiger partial charge in [-0.3, -0.25) is 4.79 Å². The van der Waals surface area contributed by atoms with Crippen molar-refractivity contribution in [2.45, 2.75) is 20.0 Å². The Morgan fingerprint density at radius 3 is 2.67 bits per heavy atom. The van der Waals surface area contributed by atoms with Gasteiger partial charge < -0.3 is 10.1 Å². The number of nitriles is 1. The first-order chi connectivity index (χ1) is 11.5. The molecule has 2 rings (SSSR count). The number of nitrogens with zero attached hydrogens (tertiary/aromatic N) is 1. The number of benzene rings is 2. The number of nitrogens with one attached hydrogen (secondary N) is 1. The van der Waals surface area contributed by atoms with Crippen molar-refractivity contribution in [3.63, 3.8) is 0 Å². The van der Waals surface area contributed by atoms with Crippen LogP contribution in [0, 0.1) is 11.3 Å². The van der Waals surface area contributed by atoms with Crippen molar-refractivity contribution in [3.05, 3.63) is 64.7 Å². The second-order valence-corrected chi connectivity index (χ2v) is 5.78. The van der Waals surface area contributed by atoms with Crippen molar-refractivity contribution in [2.24, 2.45) is 0 Å². The fraction of sp³-hybridized carbons (Fsp3) is 0.158. The van der Waals surface area contributed by atoms with Crippen molar-refractivity contribution >= 4 is 29.3 Å². The predicted molar refractivity (Wildman–Crippen MR) is 95.9 cm³/mol. The first-order valence-corrected chi connectivity index (χ1v) is 7.82. The maximum Gasteiger partial charge on any atom is 0.266 e. The van der Waals surface area contributed by atoms with Crippen molar-refractivity contribution in [1.82, 2.24) is 0 Å². The summed E-state index contributed by atoms with van der Waals surface area (Å²) >= 11 is 5.89. The van der Waals surface area contributed by atoms with E-state index in [1.165, 1.54) is 6.08 Å². The van der Waals surface area contributed by atoms with Gasteiger partial charge in [0.15, 0.2) is 0 Å². The van der Waals surface area contributed by atoms with Crippen molar-refractivity contribution in [1.29, 1.82) is 5.26 Å². The van der Waals surface area contributed by atoms with Crippen LogP contribution in [0.1, 0.15) is 19.4 Å². The number of halogens is 1. The maximum absolute atomic E-state index is 12.3. The highest BCUT2D eigenvalue weighted by Crippen LogP contribution is 2.23. The molecule has 0 aliphatic heterocycles. The molecule has 2 aromatic carbocycles. The van der Waals surface area contributed by atoms with Crippen molar-refractivity contribution in [3.8, 4) is 11.8 Å². The van der Waals surface area contributed by atoms with E-state index >= 15 is 0 Å². The molecule has 0 fully saturated rings. The molecular weight excluding hydrogens is 324 g/mol. The monoisotopic (exact) mass is 340 g/mol. The Hall–Kier alpha value is -2.77. The standard InChI is InChI=1S/C19H17ClN2O2/c1-13(2)24-18-9-4-3-6-14(18)10-15(12-21)19(23)22-17-8-5-7-16(20)11-17/h3-11,13H,1-2H3,(H,22,23). The Morgan fingerprint density at radius 2 is 2.00 bits per heavy atom. The maximum atomic E-state index is 12.3. The Bertz CT molecular complexity index is 807. The number of amides is 1. The first kappa shape index (κ1) is 17.6. The van der Waals surface area contributed by atoms with Crippen LogP contribution in [0.4, 0.5) is 5.69 Å². The molecule has 0 spiro atoms. The van der Waals surface area contributed by atoms with Crippen molar-refractivity contribution in [2.75, 3.05) is 5.32 Å². The fourth-order valence-corrected chi connectivity index (χ4v) is 2.22. The van der Waals surface area contributed by atoms with Crippen LogP contribution in [0.15, 0.2) is 54.1 Å². The minimum absolute atomic E-state index is 0.00891. The number of para-hydroxylation sites is 1. The topological polar surface area (TPSA) is 62.1 Å². The lowest BCUT2D eigenvalue weighted by atomic mass is 10.1. The molecule has 5 heteroatoms. The number of hydrogen-bond donors (Lipinski definition) is 1. The highest BCUT2D eigenvalue weighted by molar-refractivity contribution is 6.31. The molecule has 24 heavy (non-hydrogen) atoms. The summed E-state index contributed by atoms with van der Waals surface area (Å²) in [7, 11) is 0. The normalized spacial score (nSPS) is 11.0. The third-order valence-electron chi connectivity index (χ3n) is 3.03. The summed E-state index contributed by atoms with van der Waals surface area (Å²) in [5.41, 5.74) is 1.18. The second kappa shape index (κ2) is 8.19. The molecule has 0 unspecified atom stereocenters. The third kappa shape index (κ3) is 4.87. The van der Waals surface area contributed by atoms with E-state index in [1.54, 1.807) is 36.4 Å². The van der Waals surface area contributed by atoms with Crippen molar-refractivity contribution < 1.29 is 9.53 Å². The van der Waals surface area contributed by atoms with Crippen LogP contribution >= 0.6 is 11.6 Å². The van der Waals surface area contributed by atoms with Gasteiger partial charge in [0.25, 0.3) is 5.91 Å². The van der Waals surface area contributed by atoms with E-state index in [2.05, 4.69) is 5.32 Å². The Kier molecular flexibility index (Phi) is 6.00. The van der Waals surface area contributed by atoms with E-state index in [1.807, 2.05) is 32.0 Å². The van der Waals surface area contributed by atoms with Crippen LogP contribution < -0.4 is 10.1 Å². The van der Waals surface area contributed by atoms with E-state index in [4.69, 9.17) is 16.3 Å².